The number of anilines is 2. The van der Waals surface area contributed by atoms with Gasteiger partial charge in [0.2, 0.25) is 5.91 Å². The number of carbonyl (C=O) groups is 5. The minimum Gasteiger partial charge on any atom is -0.493 e. The van der Waals surface area contributed by atoms with E-state index in [9.17, 15) is 24.0 Å². The van der Waals surface area contributed by atoms with Crippen LogP contribution in [0.3, 0.4) is 0 Å². The number of nitrogens with one attached hydrogen (secondary N) is 2. The summed E-state index contributed by atoms with van der Waals surface area (Å²) in [6, 6.07) is 18.1. The Labute approximate surface area is 268 Å². The first-order valence-electron chi connectivity index (χ1n) is 13.9. The fourth-order valence-corrected chi connectivity index (χ4v) is 5.07. The summed E-state index contributed by atoms with van der Waals surface area (Å²) in [6.07, 6.45) is 3.05. The van der Waals surface area contributed by atoms with Crippen molar-refractivity contribution in [3.05, 3.63) is 87.8 Å². The lowest BCUT2D eigenvalue weighted by Crippen LogP contribution is -2.36. The van der Waals surface area contributed by atoms with Crippen LogP contribution >= 0.6 is 23.4 Å². The molecule has 0 radical (unpaired) electrons. The summed E-state index contributed by atoms with van der Waals surface area (Å²) in [7, 11) is 1.43. The van der Waals surface area contributed by atoms with Gasteiger partial charge in [0.1, 0.15) is 6.54 Å². The first-order chi connectivity index (χ1) is 21.7. The van der Waals surface area contributed by atoms with E-state index in [-0.39, 0.29) is 40.3 Å². The summed E-state index contributed by atoms with van der Waals surface area (Å²) in [5.74, 6) is -1.65. The zero-order chi connectivity index (χ0) is 32.3. The summed E-state index contributed by atoms with van der Waals surface area (Å²) < 4.78 is 16.2. The van der Waals surface area contributed by atoms with Gasteiger partial charge >= 0.3 is 5.97 Å². The molecule has 234 valence electrons. The van der Waals surface area contributed by atoms with Crippen LogP contribution < -0.4 is 20.1 Å². The third-order valence-corrected chi connectivity index (χ3v) is 7.52. The second-order valence-corrected chi connectivity index (χ2v) is 11.0. The van der Waals surface area contributed by atoms with E-state index in [2.05, 4.69) is 10.6 Å². The average molecular weight is 652 g/mol. The van der Waals surface area contributed by atoms with Crippen molar-refractivity contribution in [1.29, 1.82) is 0 Å². The summed E-state index contributed by atoms with van der Waals surface area (Å²) in [5.41, 5.74) is 1.50. The fraction of sp³-hybridized carbons (Fsp3) is 0.219. The number of rotatable bonds is 13. The lowest BCUT2D eigenvalue weighted by molar-refractivity contribution is -0.127. The number of ether oxygens (including phenoxy) is 3. The van der Waals surface area contributed by atoms with Crippen LogP contribution in [0.5, 0.6) is 11.5 Å². The van der Waals surface area contributed by atoms with Gasteiger partial charge in [-0.15, -0.1) is 0 Å². The predicted octanol–water partition coefficient (Wildman–Crippen LogP) is 6.00. The number of imide groups is 1. The lowest BCUT2D eigenvalue weighted by Gasteiger charge is -2.13. The molecule has 1 aliphatic heterocycles. The highest BCUT2D eigenvalue weighted by Crippen LogP contribution is 2.34. The maximum atomic E-state index is 13.0. The van der Waals surface area contributed by atoms with Gasteiger partial charge in [-0.25, -0.2) is 4.79 Å². The molecule has 0 unspecified atom stereocenters. The van der Waals surface area contributed by atoms with Crippen LogP contribution in [0.1, 0.15) is 35.7 Å². The van der Waals surface area contributed by atoms with Gasteiger partial charge in [0.25, 0.3) is 17.1 Å². The van der Waals surface area contributed by atoms with E-state index in [1.165, 1.54) is 31.4 Å². The number of esters is 1. The number of para-hydroxylation sites is 1. The number of thioether (sulfide) groups is 1. The number of methoxy groups -OCH3 is 1. The Balaban J connectivity index is 1.36. The first-order valence-corrected chi connectivity index (χ1v) is 15.1. The molecule has 2 N–H and O–H groups in total. The molecule has 0 aliphatic carbocycles. The van der Waals surface area contributed by atoms with Crippen molar-refractivity contribution in [2.45, 2.75) is 19.8 Å². The van der Waals surface area contributed by atoms with Gasteiger partial charge in [-0.2, -0.15) is 0 Å². The van der Waals surface area contributed by atoms with Gasteiger partial charge < -0.3 is 24.8 Å². The molecular weight excluding hydrogens is 622 g/mol. The quantitative estimate of drug-likeness (QED) is 0.129. The second-order valence-electron chi connectivity index (χ2n) is 9.61. The number of nitrogens with zero attached hydrogens (tertiary/aromatic N) is 1. The van der Waals surface area contributed by atoms with Gasteiger partial charge in [0.15, 0.2) is 18.1 Å². The Kier molecular flexibility index (Phi) is 11.6. The molecule has 0 aromatic heterocycles. The zero-order valence-corrected chi connectivity index (χ0v) is 26.0. The molecule has 3 aromatic rings. The second kappa shape index (κ2) is 15.8. The van der Waals surface area contributed by atoms with E-state index in [1.807, 2.05) is 13.0 Å². The van der Waals surface area contributed by atoms with E-state index >= 15 is 0 Å². The van der Waals surface area contributed by atoms with E-state index in [4.69, 9.17) is 25.8 Å². The summed E-state index contributed by atoms with van der Waals surface area (Å²) in [5, 5.41) is 4.85. The van der Waals surface area contributed by atoms with Gasteiger partial charge in [0.05, 0.1) is 29.2 Å². The zero-order valence-electron chi connectivity index (χ0n) is 24.5. The maximum absolute atomic E-state index is 13.0. The van der Waals surface area contributed by atoms with E-state index in [0.717, 1.165) is 11.3 Å². The standard InChI is InChI=1S/C32H30ClN3O8S/c1-3-4-14-43-31(40)23-17-22(11-12-24(23)33)35-28(37)18-36-30(39)27(45-32(36)41)16-20-10-13-25(26(15-20)42-2)44-19-29(38)34-21-8-6-5-7-9-21/h5-13,15-17H,3-4,14,18-19H2,1-2H3,(H,34,38)(H,35,37)/b27-16-. The molecule has 4 amide bonds. The molecule has 1 fully saturated rings. The molecule has 3 aromatic carbocycles. The normalized spacial score (nSPS) is 13.5. The van der Waals surface area contributed by atoms with Gasteiger partial charge in [-0.05, 0) is 72.3 Å². The Morgan fingerprint density at radius 3 is 2.42 bits per heavy atom. The van der Waals surface area contributed by atoms with Crippen LogP contribution in [0.15, 0.2) is 71.6 Å². The van der Waals surface area contributed by atoms with Crippen LogP contribution in [-0.4, -0.2) is 60.7 Å². The van der Waals surface area contributed by atoms with Crippen molar-refractivity contribution in [3.63, 3.8) is 0 Å². The SMILES string of the molecule is CCCCOC(=O)c1cc(NC(=O)CN2C(=O)S/C(=C\c3ccc(OCC(=O)Nc4ccccc4)c(OC)c3)C2=O)ccc1Cl. The van der Waals surface area contributed by atoms with E-state index in [1.54, 1.807) is 42.5 Å². The van der Waals surface area contributed by atoms with Crippen molar-refractivity contribution >= 4 is 69.7 Å². The van der Waals surface area contributed by atoms with Crippen LogP contribution in [0.4, 0.5) is 16.2 Å². The van der Waals surface area contributed by atoms with Gasteiger partial charge in [0, 0.05) is 11.4 Å². The lowest BCUT2D eigenvalue weighted by atomic mass is 10.2. The largest absolute Gasteiger partial charge is 0.493 e. The highest BCUT2D eigenvalue weighted by Gasteiger charge is 2.36. The molecule has 0 atom stereocenters. The van der Waals surface area contributed by atoms with Gasteiger partial charge in [-0.3, -0.25) is 24.1 Å². The Morgan fingerprint density at radius 1 is 0.933 bits per heavy atom. The average Bonchev–Trinajstić information content (AvgIpc) is 3.28. The van der Waals surface area contributed by atoms with E-state index in [0.29, 0.717) is 40.9 Å². The molecule has 1 aliphatic rings. The third-order valence-electron chi connectivity index (χ3n) is 6.28. The number of unbranched alkanes of at least 4 members (excludes halogenated alkanes) is 1. The van der Waals surface area contributed by atoms with Crippen molar-refractivity contribution in [2.75, 3.05) is 37.5 Å². The summed E-state index contributed by atoms with van der Waals surface area (Å²) in [4.78, 5) is 63.9. The van der Waals surface area contributed by atoms with Crippen molar-refractivity contribution < 1.29 is 38.2 Å². The maximum Gasteiger partial charge on any atom is 0.339 e. The number of hydrogen-bond donors (Lipinski definition) is 2. The van der Waals surface area contributed by atoms with Crippen LogP contribution in [0.25, 0.3) is 6.08 Å². The summed E-state index contributed by atoms with van der Waals surface area (Å²) in [6.45, 7) is 1.41. The number of benzene rings is 3. The van der Waals surface area contributed by atoms with Crippen molar-refractivity contribution in [3.8, 4) is 11.5 Å². The van der Waals surface area contributed by atoms with Crippen LogP contribution in [0.2, 0.25) is 5.02 Å². The predicted molar refractivity (Wildman–Crippen MR) is 172 cm³/mol. The number of hydrogen-bond acceptors (Lipinski definition) is 9. The van der Waals surface area contributed by atoms with E-state index < -0.39 is 29.6 Å². The summed E-state index contributed by atoms with van der Waals surface area (Å²) >= 11 is 6.82. The molecule has 0 saturated carbocycles. The molecule has 45 heavy (non-hydrogen) atoms. The molecule has 0 bridgehead atoms. The molecule has 4 rings (SSSR count). The molecule has 11 nitrogen and oxygen atoms in total. The number of carbonyl (C=O) groups excluding carboxylic acids is 5. The first kappa shape index (κ1) is 33.1. The van der Waals surface area contributed by atoms with Crippen molar-refractivity contribution in [1.82, 2.24) is 4.90 Å². The Morgan fingerprint density at radius 2 is 1.69 bits per heavy atom. The minimum absolute atomic E-state index is 0.0852. The molecule has 1 saturated heterocycles. The Bertz CT molecular complexity index is 1630. The highest BCUT2D eigenvalue weighted by atomic mass is 35.5. The third kappa shape index (κ3) is 9.10. The number of amides is 4. The fourth-order valence-electron chi connectivity index (χ4n) is 4.03. The molecular formula is C32H30ClN3O8S. The van der Waals surface area contributed by atoms with Crippen LogP contribution in [0, 0.1) is 0 Å². The molecule has 1 heterocycles. The monoisotopic (exact) mass is 651 g/mol. The molecule has 0 spiro atoms. The molecule has 13 heteroatoms. The number of halogens is 1. The van der Waals surface area contributed by atoms with Crippen molar-refractivity contribution in [2.24, 2.45) is 0 Å². The smallest absolute Gasteiger partial charge is 0.339 e. The minimum atomic E-state index is -0.648. The van der Waals surface area contributed by atoms with Gasteiger partial charge in [-0.1, -0.05) is 49.2 Å². The Hall–Kier alpha value is -4.81. The van der Waals surface area contributed by atoms with Crippen LogP contribution in [-0.2, 0) is 19.1 Å². The highest BCUT2D eigenvalue weighted by molar-refractivity contribution is 8.18. The topological polar surface area (TPSA) is 140 Å².